The third-order valence-electron chi connectivity index (χ3n) is 17.4. The average molecular weight is 1490 g/mol. The topological polar surface area (TPSA) is 428 Å². The molecule has 6 aromatic carbocycles. The summed E-state index contributed by atoms with van der Waals surface area (Å²) >= 11 is 0. The van der Waals surface area contributed by atoms with Gasteiger partial charge in [-0.25, -0.2) is 24.7 Å². The number of hydrogen-bond donors (Lipinski definition) is 6. The van der Waals surface area contributed by atoms with Crippen LogP contribution < -0.4 is 41.6 Å². The lowest BCUT2D eigenvalue weighted by Crippen LogP contribution is -2.12. The van der Waals surface area contributed by atoms with E-state index in [9.17, 15) is 14.4 Å². The summed E-state index contributed by atoms with van der Waals surface area (Å²) in [5, 5.41) is 36.6. The molecule has 0 saturated carbocycles. The lowest BCUT2D eigenvalue weighted by molar-refractivity contribution is 0.0519. The van der Waals surface area contributed by atoms with Crippen molar-refractivity contribution in [2.45, 2.75) is 48.5 Å². The van der Waals surface area contributed by atoms with Gasteiger partial charge in [0.05, 0.1) is 60.5 Å². The van der Waals surface area contributed by atoms with E-state index in [0.717, 1.165) is 83.8 Å². The highest BCUT2D eigenvalue weighted by molar-refractivity contribution is 5.92. The molecule has 0 bridgehead atoms. The van der Waals surface area contributed by atoms with Gasteiger partial charge in [0.15, 0.2) is 28.0 Å². The van der Waals surface area contributed by atoms with Crippen molar-refractivity contribution in [2.24, 2.45) is 25.6 Å². The number of aryl methyl sites for hydroxylation is 8. The largest absolute Gasteiger partial charge is 0.461 e. The van der Waals surface area contributed by atoms with Crippen molar-refractivity contribution in [2.75, 3.05) is 22.6 Å². The summed E-state index contributed by atoms with van der Waals surface area (Å²) in [5.74, 6) is 2.34. The minimum Gasteiger partial charge on any atom is -0.461 e. The van der Waals surface area contributed by atoms with Crippen molar-refractivity contribution in [1.82, 2.24) is 73.9 Å². The first-order valence-corrected chi connectivity index (χ1v) is 34.5. The Morgan fingerprint density at radius 2 is 0.821 bits per heavy atom. The van der Waals surface area contributed by atoms with Gasteiger partial charge in [-0.3, -0.25) is 19.6 Å². The van der Waals surface area contributed by atoms with E-state index in [1.54, 1.807) is 138 Å². The molecule has 8 N–H and O–H groups in total. The molecule has 15 aromatic rings. The third-order valence-corrected chi connectivity index (χ3v) is 17.4. The van der Waals surface area contributed by atoms with Crippen LogP contribution in [0, 0.1) is 75.5 Å². The monoisotopic (exact) mass is 1490 g/mol. The molecule has 0 atom stereocenters. The quantitative estimate of drug-likeness (QED) is 0.0409. The molecule has 0 spiro atoms. The predicted molar refractivity (Wildman–Crippen MR) is 418 cm³/mol. The number of primary amides is 2. The molecule has 15 rings (SSSR count). The number of pyridine rings is 3. The van der Waals surface area contributed by atoms with Crippen LogP contribution in [-0.4, -0.2) is 98.3 Å². The zero-order valence-corrected chi connectivity index (χ0v) is 61.6. The number of carbonyl (C=O) groups excluding carboxylic acids is 3. The Hall–Kier alpha value is -15.9. The fourth-order valence-corrected chi connectivity index (χ4v) is 11.9. The van der Waals surface area contributed by atoms with E-state index in [1.807, 2.05) is 110 Å². The summed E-state index contributed by atoms with van der Waals surface area (Å²) in [5.41, 5.74) is 29.2. The number of amides is 2. The number of carbonyl (C=O) groups is 3. The van der Waals surface area contributed by atoms with E-state index in [1.165, 1.54) is 6.33 Å². The highest BCUT2D eigenvalue weighted by Gasteiger charge is 2.23. The minimum atomic E-state index is -0.568. The van der Waals surface area contributed by atoms with E-state index < -0.39 is 17.8 Å². The summed E-state index contributed by atoms with van der Waals surface area (Å²) in [7, 11) is 3.70. The number of anilines is 6. The van der Waals surface area contributed by atoms with Gasteiger partial charge in [-0.1, -0.05) is 18.2 Å². The van der Waals surface area contributed by atoms with E-state index >= 15 is 0 Å². The van der Waals surface area contributed by atoms with Gasteiger partial charge in [-0.05, 0) is 226 Å². The highest BCUT2D eigenvalue weighted by Crippen LogP contribution is 2.40. The maximum Gasteiger partial charge on any atom is 0.356 e. The van der Waals surface area contributed by atoms with E-state index in [-0.39, 0.29) is 17.1 Å². The number of benzene rings is 6. The lowest BCUT2D eigenvalue weighted by Gasteiger charge is -2.15. The molecule has 0 aliphatic rings. The number of imidazole rings is 3. The lowest BCUT2D eigenvalue weighted by atomic mass is 10.0. The summed E-state index contributed by atoms with van der Waals surface area (Å²) in [6, 6.07) is 49.5. The molecule has 0 aliphatic heterocycles. The zero-order chi connectivity index (χ0) is 78.9. The van der Waals surface area contributed by atoms with Crippen LogP contribution in [0.4, 0.5) is 34.9 Å². The number of fused-ring (bicyclic) bond motifs is 3. The van der Waals surface area contributed by atoms with Crippen LogP contribution in [0.3, 0.4) is 0 Å². The number of nitrogens with one attached hydrogen (secondary N) is 4. The molecule has 2 amide bonds. The number of hydrogen-bond acceptors (Lipinski definition) is 25. The van der Waals surface area contributed by atoms with Crippen LogP contribution in [0.2, 0.25) is 0 Å². The molecule has 112 heavy (non-hydrogen) atoms. The second-order valence-electron chi connectivity index (χ2n) is 25.5. The number of H-pyrrole nitrogens is 1. The number of aromatic amines is 1. The second kappa shape index (κ2) is 32.4. The van der Waals surface area contributed by atoms with Crippen molar-refractivity contribution in [3.05, 3.63) is 250 Å². The number of nitriles is 3. The SMILES string of the molecule is CCOC(=O)c1ccc(-c2cc(C)c(Oc3nc(Nc4ccc(C#N)cc4)nc4nc[nH]c34)c(C)c2)cn1.Cc1cc(-c2ccc(C(N)=O)nc2)cc(C)c1Oc1nc(Nc2ccc(C#N)cc2)nc2c1ncn2C.Cc1cc(-c2ccc(C(N)=O)nc2)cc(C)c1Oc1nc(Nc2ccc(C#N)cc2)nc2ncn(C)c12. The van der Waals surface area contributed by atoms with Crippen molar-refractivity contribution < 1.29 is 33.3 Å². The molecule has 0 saturated heterocycles. The third kappa shape index (κ3) is 16.7. The summed E-state index contributed by atoms with van der Waals surface area (Å²) in [6.45, 7) is 13.8. The van der Waals surface area contributed by atoms with Crippen molar-refractivity contribution >= 4 is 86.2 Å². The Morgan fingerprint density at radius 1 is 0.438 bits per heavy atom. The predicted octanol–water partition coefficient (Wildman–Crippen LogP) is 14.7. The highest BCUT2D eigenvalue weighted by atomic mass is 16.5. The molecule has 30 nitrogen and oxygen atoms in total. The number of ether oxygens (including phenoxy) is 4. The molecule has 552 valence electrons. The molecule has 0 fully saturated rings. The smallest absolute Gasteiger partial charge is 0.356 e. The Bertz CT molecular complexity index is 6180. The number of esters is 1. The Balaban J connectivity index is 0.000000147. The fraction of sp³-hybridized carbons (Fsp3) is 0.122. The van der Waals surface area contributed by atoms with Crippen LogP contribution in [0.5, 0.6) is 34.9 Å². The van der Waals surface area contributed by atoms with E-state index in [4.69, 9.17) is 46.2 Å². The standard InChI is InChI=1S/C28H23N7O3.2C27H22N8O2/c1-4-37-27(36)22-10-7-19(14-30-22)20-11-16(2)24(17(3)12-20)38-26-23-25(32-15-31-23)34-28(35-26)33-21-8-5-18(13-29)6-9-21;1-15-10-19(18-6-9-21(24(29)36)30-13-18)11-16(2)23(15)37-26-22-25(31-14-35(22)3)33-27(34-26)32-20-7-4-17(12-28)5-8-20;1-15-10-19(18-6-9-21(24(29)36)30-13-18)11-16(2)23(15)37-26-22-25(35(3)14-31-22)33-27(34-26)32-20-7-4-17(12-28)5-8-20/h5-12,14-15H,4H2,1-3H3,(H2,31,32,33,34,35);2*4-11,13-14H,1-3H3,(H2,29,36)(H,32,33,34). The van der Waals surface area contributed by atoms with Gasteiger partial charge in [-0.2, -0.15) is 45.7 Å². The van der Waals surface area contributed by atoms with Gasteiger partial charge in [0.1, 0.15) is 39.8 Å². The van der Waals surface area contributed by atoms with E-state index in [2.05, 4.69) is 98.9 Å². The maximum atomic E-state index is 11.9. The van der Waals surface area contributed by atoms with Gasteiger partial charge in [0.2, 0.25) is 17.8 Å². The van der Waals surface area contributed by atoms with E-state index in [0.29, 0.717) is 110 Å². The van der Waals surface area contributed by atoms with Crippen LogP contribution in [-0.2, 0) is 18.8 Å². The summed E-state index contributed by atoms with van der Waals surface area (Å²) in [4.78, 5) is 90.6. The minimum absolute atomic E-state index is 0.214. The van der Waals surface area contributed by atoms with Crippen molar-refractivity contribution in [3.63, 3.8) is 0 Å². The first kappa shape index (κ1) is 74.4. The molecular weight excluding hydrogens is 1420 g/mol. The number of aromatic nitrogens is 15. The Labute approximate surface area is 639 Å². The Morgan fingerprint density at radius 3 is 1.23 bits per heavy atom. The molecule has 30 heteroatoms. The van der Waals surface area contributed by atoms with Crippen LogP contribution >= 0.6 is 0 Å². The first-order valence-electron chi connectivity index (χ1n) is 34.5. The molecule has 0 aliphatic carbocycles. The molecule has 9 aromatic heterocycles. The van der Waals surface area contributed by atoms with Crippen molar-refractivity contribution in [3.8, 4) is 86.5 Å². The van der Waals surface area contributed by atoms with Gasteiger partial charge in [-0.15, -0.1) is 0 Å². The van der Waals surface area contributed by atoms with Gasteiger partial charge >= 0.3 is 5.97 Å². The number of nitrogens with two attached hydrogens (primary N) is 2. The number of rotatable bonds is 19. The molecule has 9 heterocycles. The molecule has 0 radical (unpaired) electrons. The van der Waals surface area contributed by atoms with Crippen LogP contribution in [0.25, 0.3) is 66.9 Å². The van der Waals surface area contributed by atoms with Crippen LogP contribution in [0.15, 0.2) is 183 Å². The van der Waals surface area contributed by atoms with Crippen molar-refractivity contribution in [1.29, 1.82) is 15.8 Å². The van der Waals surface area contributed by atoms with Crippen LogP contribution in [0.1, 0.15) is 88.5 Å². The van der Waals surface area contributed by atoms with Gasteiger partial charge in [0.25, 0.3) is 29.5 Å². The summed E-state index contributed by atoms with van der Waals surface area (Å²) in [6.07, 6.45) is 9.75. The average Bonchev–Trinajstić information content (AvgIpc) is 1.50. The fourth-order valence-electron chi connectivity index (χ4n) is 11.9. The number of nitrogens with zero attached hydrogens (tertiary/aromatic N) is 17. The maximum absolute atomic E-state index is 11.9. The molecule has 0 unspecified atom stereocenters. The molecular formula is C82H67N23O7. The summed E-state index contributed by atoms with van der Waals surface area (Å²) < 4.78 is 27.6. The zero-order valence-electron chi connectivity index (χ0n) is 61.6. The van der Waals surface area contributed by atoms with Gasteiger partial charge < -0.3 is 60.5 Å². The second-order valence-corrected chi connectivity index (χ2v) is 25.5. The first-order chi connectivity index (χ1) is 54.1. The van der Waals surface area contributed by atoms with Gasteiger partial charge in [0, 0.05) is 66.4 Å². The normalized spacial score (nSPS) is 10.7. The Kier molecular flexibility index (Phi) is 21.5.